The number of carboxylic acids is 1. The minimum absolute atomic E-state index is 0.207. The summed E-state index contributed by atoms with van der Waals surface area (Å²) < 4.78 is 0. The summed E-state index contributed by atoms with van der Waals surface area (Å²) in [6, 6.07) is 0.207. The number of nitrogens with zero attached hydrogens (tertiary/aromatic N) is 1. The van der Waals surface area contributed by atoms with E-state index >= 15 is 0 Å². The van der Waals surface area contributed by atoms with Crippen LogP contribution in [0.25, 0.3) is 0 Å². The highest BCUT2D eigenvalue weighted by molar-refractivity contribution is 5.76. The molecule has 0 aliphatic heterocycles. The fraction of sp³-hybridized carbons (Fsp3) is 0.909. The molecule has 0 heterocycles. The van der Waals surface area contributed by atoms with Gasteiger partial charge in [-0.25, -0.2) is 0 Å². The lowest BCUT2D eigenvalue weighted by atomic mass is 9.62. The molecule has 1 saturated carbocycles. The average molecular weight is 199 g/mol. The van der Waals surface area contributed by atoms with Crippen molar-refractivity contribution >= 4 is 5.97 Å². The summed E-state index contributed by atoms with van der Waals surface area (Å²) in [5.74, 6) is -0.601. The average Bonchev–Trinajstić information content (AvgIpc) is 1.99. The Morgan fingerprint density at radius 3 is 2.29 bits per heavy atom. The van der Waals surface area contributed by atoms with Crippen LogP contribution >= 0.6 is 0 Å². The first-order valence-electron chi connectivity index (χ1n) is 5.44. The minimum Gasteiger partial charge on any atom is -0.481 e. The number of carboxylic acid groups (broad SMARTS) is 1. The molecular formula is C11H21NO2. The molecule has 0 amide bonds. The van der Waals surface area contributed by atoms with Crippen LogP contribution in [0.15, 0.2) is 0 Å². The summed E-state index contributed by atoms with van der Waals surface area (Å²) in [4.78, 5) is 13.4. The summed E-state index contributed by atoms with van der Waals surface area (Å²) in [7, 11) is 3.98. The Bertz CT molecular complexity index is 209. The van der Waals surface area contributed by atoms with Crippen molar-refractivity contribution in [1.29, 1.82) is 0 Å². The summed E-state index contributed by atoms with van der Waals surface area (Å²) >= 11 is 0. The van der Waals surface area contributed by atoms with E-state index in [-0.39, 0.29) is 6.04 Å². The van der Waals surface area contributed by atoms with Crippen molar-refractivity contribution < 1.29 is 9.90 Å². The molecule has 0 aromatic rings. The zero-order chi connectivity index (χ0) is 10.8. The second-order valence-electron chi connectivity index (χ2n) is 4.58. The van der Waals surface area contributed by atoms with E-state index in [1.165, 1.54) is 0 Å². The van der Waals surface area contributed by atoms with Gasteiger partial charge >= 0.3 is 5.97 Å². The number of carbonyl (C=O) groups is 1. The molecule has 1 fully saturated rings. The smallest absolute Gasteiger partial charge is 0.311 e. The minimum atomic E-state index is -0.601. The van der Waals surface area contributed by atoms with Gasteiger partial charge in [0.25, 0.3) is 0 Å². The van der Waals surface area contributed by atoms with Crippen molar-refractivity contribution in [3.05, 3.63) is 0 Å². The van der Waals surface area contributed by atoms with E-state index in [4.69, 9.17) is 0 Å². The summed E-state index contributed by atoms with van der Waals surface area (Å²) in [6.45, 7) is 2.12. The Morgan fingerprint density at radius 2 is 2.07 bits per heavy atom. The zero-order valence-corrected chi connectivity index (χ0v) is 9.42. The second kappa shape index (κ2) is 4.30. The van der Waals surface area contributed by atoms with Crippen molar-refractivity contribution in [2.75, 3.05) is 14.1 Å². The second-order valence-corrected chi connectivity index (χ2v) is 4.58. The van der Waals surface area contributed by atoms with Crippen molar-refractivity contribution in [3.63, 3.8) is 0 Å². The zero-order valence-electron chi connectivity index (χ0n) is 9.42. The van der Waals surface area contributed by atoms with Gasteiger partial charge in [0, 0.05) is 6.04 Å². The third-order valence-corrected chi connectivity index (χ3v) is 3.50. The fourth-order valence-electron chi connectivity index (χ4n) is 2.55. The monoisotopic (exact) mass is 199 g/mol. The summed E-state index contributed by atoms with van der Waals surface area (Å²) in [5, 5.41) is 9.30. The number of aliphatic carboxylic acids is 1. The van der Waals surface area contributed by atoms with E-state index in [0.717, 1.165) is 32.1 Å². The Balaban J connectivity index is 2.78. The molecule has 0 spiro atoms. The molecule has 1 atom stereocenters. The normalized spacial score (nSPS) is 21.7. The van der Waals surface area contributed by atoms with Crippen LogP contribution in [0.4, 0.5) is 0 Å². The van der Waals surface area contributed by atoms with Crippen LogP contribution in [0, 0.1) is 5.41 Å². The highest BCUT2D eigenvalue weighted by Crippen LogP contribution is 2.46. The van der Waals surface area contributed by atoms with E-state index in [1.54, 1.807) is 0 Å². The molecule has 3 nitrogen and oxygen atoms in total. The van der Waals surface area contributed by atoms with Crippen LogP contribution in [0.1, 0.15) is 39.0 Å². The Morgan fingerprint density at radius 1 is 1.50 bits per heavy atom. The molecule has 1 aliphatic rings. The Labute approximate surface area is 86.1 Å². The quantitative estimate of drug-likeness (QED) is 0.736. The Kier molecular flexibility index (Phi) is 3.53. The summed E-state index contributed by atoms with van der Waals surface area (Å²) in [5.41, 5.74) is -0.445. The Hall–Kier alpha value is -0.570. The molecule has 1 aliphatic carbocycles. The van der Waals surface area contributed by atoms with Gasteiger partial charge in [-0.3, -0.25) is 4.79 Å². The SMILES string of the molecule is CCCC(N(C)C)C1(C(=O)O)CCC1. The van der Waals surface area contributed by atoms with Gasteiger partial charge in [-0.15, -0.1) is 0 Å². The molecule has 1 N–H and O–H groups in total. The van der Waals surface area contributed by atoms with E-state index in [2.05, 4.69) is 11.8 Å². The van der Waals surface area contributed by atoms with Gasteiger partial charge in [-0.05, 0) is 33.4 Å². The number of hydrogen-bond donors (Lipinski definition) is 1. The van der Waals surface area contributed by atoms with E-state index in [1.807, 2.05) is 14.1 Å². The highest BCUT2D eigenvalue weighted by Gasteiger charge is 2.50. The van der Waals surface area contributed by atoms with Crippen LogP contribution in [0.3, 0.4) is 0 Å². The van der Waals surface area contributed by atoms with Crippen molar-refractivity contribution in [2.24, 2.45) is 5.41 Å². The molecule has 0 radical (unpaired) electrons. The number of hydrogen-bond acceptors (Lipinski definition) is 2. The van der Waals surface area contributed by atoms with Crippen LogP contribution in [-0.2, 0) is 4.79 Å². The molecule has 1 unspecified atom stereocenters. The molecule has 1 rings (SSSR count). The van der Waals surface area contributed by atoms with Gasteiger partial charge in [-0.1, -0.05) is 19.8 Å². The topological polar surface area (TPSA) is 40.5 Å². The van der Waals surface area contributed by atoms with Crippen LogP contribution in [-0.4, -0.2) is 36.1 Å². The molecule has 82 valence electrons. The lowest BCUT2D eigenvalue weighted by molar-refractivity contribution is -0.160. The van der Waals surface area contributed by atoms with Crippen molar-refractivity contribution in [1.82, 2.24) is 4.90 Å². The maximum atomic E-state index is 11.3. The highest BCUT2D eigenvalue weighted by atomic mass is 16.4. The van der Waals surface area contributed by atoms with Crippen molar-refractivity contribution in [3.8, 4) is 0 Å². The van der Waals surface area contributed by atoms with Crippen molar-refractivity contribution in [2.45, 2.75) is 45.1 Å². The van der Waals surface area contributed by atoms with Crippen LogP contribution < -0.4 is 0 Å². The standard InChI is InChI=1S/C11H21NO2/c1-4-6-9(12(2)3)11(10(13)14)7-5-8-11/h9H,4-8H2,1-3H3,(H,13,14). The lowest BCUT2D eigenvalue weighted by Gasteiger charge is -2.46. The van der Waals surface area contributed by atoms with Crippen LogP contribution in [0.5, 0.6) is 0 Å². The lowest BCUT2D eigenvalue weighted by Crippen LogP contribution is -2.53. The first-order chi connectivity index (χ1) is 6.54. The van der Waals surface area contributed by atoms with Gasteiger partial charge in [0.15, 0.2) is 0 Å². The molecule has 0 saturated heterocycles. The molecule has 3 heteroatoms. The van der Waals surface area contributed by atoms with Gasteiger partial charge < -0.3 is 10.0 Å². The number of rotatable bonds is 5. The molecule has 14 heavy (non-hydrogen) atoms. The maximum absolute atomic E-state index is 11.3. The first kappa shape index (κ1) is 11.5. The van der Waals surface area contributed by atoms with Gasteiger partial charge in [-0.2, -0.15) is 0 Å². The van der Waals surface area contributed by atoms with E-state index in [9.17, 15) is 9.90 Å². The molecule has 0 aromatic heterocycles. The molecular weight excluding hydrogens is 178 g/mol. The fourth-order valence-corrected chi connectivity index (χ4v) is 2.55. The van der Waals surface area contributed by atoms with Crippen LogP contribution in [0.2, 0.25) is 0 Å². The molecule has 0 bridgehead atoms. The molecule has 0 aromatic carbocycles. The predicted octanol–water partition coefficient (Wildman–Crippen LogP) is 1.97. The maximum Gasteiger partial charge on any atom is 0.311 e. The van der Waals surface area contributed by atoms with E-state index in [0.29, 0.717) is 0 Å². The van der Waals surface area contributed by atoms with E-state index < -0.39 is 11.4 Å². The summed E-state index contributed by atoms with van der Waals surface area (Å²) in [6.07, 6.45) is 4.81. The third-order valence-electron chi connectivity index (χ3n) is 3.50. The van der Waals surface area contributed by atoms with Gasteiger partial charge in [0.1, 0.15) is 0 Å². The van der Waals surface area contributed by atoms with Gasteiger partial charge in [0.05, 0.1) is 5.41 Å². The first-order valence-corrected chi connectivity index (χ1v) is 5.44. The predicted molar refractivity (Wildman–Crippen MR) is 56.3 cm³/mol. The largest absolute Gasteiger partial charge is 0.481 e. The van der Waals surface area contributed by atoms with Gasteiger partial charge in [0.2, 0.25) is 0 Å². The third kappa shape index (κ3) is 1.78.